The number of hydrogen-bond acceptors (Lipinski definition) is 0. The van der Waals surface area contributed by atoms with Gasteiger partial charge in [0.25, 0.3) is 0 Å². The molecule has 0 aromatic heterocycles. The van der Waals surface area contributed by atoms with Gasteiger partial charge >= 0.3 is 0 Å². The van der Waals surface area contributed by atoms with Gasteiger partial charge in [0.15, 0.2) is 0 Å². The summed E-state index contributed by atoms with van der Waals surface area (Å²) in [6.45, 7) is 20.7. The first kappa shape index (κ1) is 15.1. The summed E-state index contributed by atoms with van der Waals surface area (Å²) in [7, 11) is 0. The molecule has 1 spiro atoms. The molecule has 0 aromatic carbocycles. The third kappa shape index (κ3) is 1.92. The number of piperidine rings is 1. The summed E-state index contributed by atoms with van der Waals surface area (Å²) in [6.07, 6.45) is 9.29. The van der Waals surface area contributed by atoms with E-state index in [4.69, 9.17) is 0 Å². The molecule has 0 aliphatic carbocycles. The van der Waals surface area contributed by atoms with Crippen LogP contribution in [0.3, 0.4) is 0 Å². The number of rotatable bonds is 3. The SMILES string of the molecule is C=CC(C)(C)C(C)(C)C1(C)CCC[N+]12CCCCC2. The van der Waals surface area contributed by atoms with Crippen molar-refractivity contribution >= 4 is 0 Å². The van der Waals surface area contributed by atoms with Gasteiger partial charge in [0, 0.05) is 18.3 Å². The van der Waals surface area contributed by atoms with Crippen LogP contribution in [0, 0.1) is 10.8 Å². The first-order chi connectivity index (χ1) is 8.72. The Morgan fingerprint density at radius 1 is 0.947 bits per heavy atom. The molecule has 110 valence electrons. The molecule has 1 unspecified atom stereocenters. The van der Waals surface area contributed by atoms with Crippen molar-refractivity contribution in [3.8, 4) is 0 Å². The molecule has 0 bridgehead atoms. The van der Waals surface area contributed by atoms with Gasteiger partial charge in [0.05, 0.1) is 19.6 Å². The second-order valence-corrected chi connectivity index (χ2v) is 8.30. The number of hydrogen-bond donors (Lipinski definition) is 0. The maximum Gasteiger partial charge on any atom is 0.103 e. The van der Waals surface area contributed by atoms with Crippen molar-refractivity contribution in [3.05, 3.63) is 12.7 Å². The molecule has 1 heteroatoms. The monoisotopic (exact) mass is 264 g/mol. The highest BCUT2D eigenvalue weighted by Gasteiger charge is 2.63. The lowest BCUT2D eigenvalue weighted by atomic mass is 9.56. The molecule has 19 heavy (non-hydrogen) atoms. The highest BCUT2D eigenvalue weighted by atomic mass is 15.4. The van der Waals surface area contributed by atoms with Crippen LogP contribution in [0.4, 0.5) is 0 Å². The van der Waals surface area contributed by atoms with Crippen LogP contribution in [0.25, 0.3) is 0 Å². The van der Waals surface area contributed by atoms with Gasteiger partial charge in [-0.1, -0.05) is 33.8 Å². The largest absolute Gasteiger partial charge is 0.319 e. The molecule has 0 saturated carbocycles. The maximum atomic E-state index is 4.13. The van der Waals surface area contributed by atoms with E-state index in [0.717, 1.165) is 0 Å². The molecule has 2 saturated heterocycles. The van der Waals surface area contributed by atoms with Gasteiger partial charge in [-0.05, 0) is 31.6 Å². The fourth-order valence-corrected chi connectivity index (χ4v) is 4.90. The standard InChI is InChI=1S/C18H34N/c1-7-16(2,3)17(4,5)18(6)12-11-15-19(18)13-9-8-10-14-19/h7H,1,8-15H2,2-6H3/q+1. The summed E-state index contributed by atoms with van der Waals surface area (Å²) >= 11 is 0. The fraction of sp³-hybridized carbons (Fsp3) is 0.889. The van der Waals surface area contributed by atoms with Crippen LogP contribution in [0.1, 0.15) is 66.7 Å². The van der Waals surface area contributed by atoms with Crippen molar-refractivity contribution in [2.24, 2.45) is 10.8 Å². The smallest absolute Gasteiger partial charge is 0.103 e. The van der Waals surface area contributed by atoms with Crippen LogP contribution in [0.5, 0.6) is 0 Å². The molecule has 1 atom stereocenters. The van der Waals surface area contributed by atoms with E-state index in [0.29, 0.717) is 5.54 Å². The van der Waals surface area contributed by atoms with Crippen LogP contribution in [-0.2, 0) is 0 Å². The fourth-order valence-electron chi connectivity index (χ4n) is 4.90. The molecular weight excluding hydrogens is 230 g/mol. The van der Waals surface area contributed by atoms with Crippen molar-refractivity contribution in [2.45, 2.75) is 72.3 Å². The molecule has 2 fully saturated rings. The Kier molecular flexibility index (Phi) is 3.67. The summed E-state index contributed by atoms with van der Waals surface area (Å²) in [5.41, 5.74) is 0.884. The van der Waals surface area contributed by atoms with Crippen molar-refractivity contribution < 1.29 is 4.48 Å². The van der Waals surface area contributed by atoms with Crippen LogP contribution >= 0.6 is 0 Å². The molecular formula is C18H34N+. The van der Waals surface area contributed by atoms with Gasteiger partial charge in [-0.25, -0.2) is 0 Å². The summed E-state index contributed by atoms with van der Waals surface area (Å²) in [4.78, 5) is 0. The van der Waals surface area contributed by atoms with Crippen molar-refractivity contribution in [1.29, 1.82) is 0 Å². The molecule has 2 rings (SSSR count). The van der Waals surface area contributed by atoms with E-state index in [-0.39, 0.29) is 10.8 Å². The van der Waals surface area contributed by atoms with Crippen LogP contribution in [0.15, 0.2) is 12.7 Å². The van der Waals surface area contributed by atoms with Crippen LogP contribution in [-0.4, -0.2) is 29.7 Å². The van der Waals surface area contributed by atoms with Crippen molar-refractivity contribution in [1.82, 2.24) is 0 Å². The average molecular weight is 264 g/mol. The topological polar surface area (TPSA) is 0 Å². The second-order valence-electron chi connectivity index (χ2n) is 8.30. The van der Waals surface area contributed by atoms with Gasteiger partial charge < -0.3 is 4.48 Å². The van der Waals surface area contributed by atoms with Crippen LogP contribution in [0.2, 0.25) is 0 Å². The van der Waals surface area contributed by atoms with Gasteiger partial charge in [-0.15, -0.1) is 6.58 Å². The van der Waals surface area contributed by atoms with Crippen molar-refractivity contribution in [2.75, 3.05) is 19.6 Å². The highest BCUT2D eigenvalue weighted by molar-refractivity contribution is 5.08. The van der Waals surface area contributed by atoms with E-state index < -0.39 is 0 Å². The molecule has 1 nitrogen and oxygen atoms in total. The minimum absolute atomic E-state index is 0.189. The molecule has 2 aliphatic heterocycles. The quantitative estimate of drug-likeness (QED) is 0.508. The molecule has 0 N–H and O–H groups in total. The van der Waals surface area contributed by atoms with Gasteiger partial charge in [-0.2, -0.15) is 0 Å². The Bertz CT molecular complexity index is 347. The normalized spacial score (nSPS) is 31.6. The molecule has 2 heterocycles. The Labute approximate surface area is 120 Å². The van der Waals surface area contributed by atoms with Crippen LogP contribution < -0.4 is 0 Å². The first-order valence-electron chi connectivity index (χ1n) is 8.22. The van der Waals surface area contributed by atoms with E-state index in [1.54, 1.807) is 0 Å². The van der Waals surface area contributed by atoms with Crippen molar-refractivity contribution in [3.63, 3.8) is 0 Å². The summed E-state index contributed by atoms with van der Waals surface area (Å²) in [6, 6.07) is 0. The zero-order valence-electron chi connectivity index (χ0n) is 13.9. The van der Waals surface area contributed by atoms with E-state index in [1.165, 1.54) is 56.2 Å². The predicted molar refractivity (Wildman–Crippen MR) is 84.1 cm³/mol. The average Bonchev–Trinajstić information content (AvgIpc) is 2.69. The molecule has 0 amide bonds. The zero-order chi connectivity index (χ0) is 14.4. The Hall–Kier alpha value is -0.300. The molecule has 2 aliphatic rings. The van der Waals surface area contributed by atoms with E-state index in [9.17, 15) is 0 Å². The minimum Gasteiger partial charge on any atom is -0.319 e. The van der Waals surface area contributed by atoms with E-state index in [1.807, 2.05) is 0 Å². The van der Waals surface area contributed by atoms with Gasteiger partial charge in [-0.3, -0.25) is 0 Å². The van der Waals surface area contributed by atoms with Gasteiger partial charge in [0.1, 0.15) is 5.54 Å². The Morgan fingerprint density at radius 2 is 1.47 bits per heavy atom. The highest BCUT2D eigenvalue weighted by Crippen LogP contribution is 2.57. The minimum atomic E-state index is 0.189. The molecule has 0 aromatic rings. The predicted octanol–water partition coefficient (Wildman–Crippen LogP) is 4.78. The third-order valence-corrected chi connectivity index (χ3v) is 7.44. The summed E-state index contributed by atoms with van der Waals surface area (Å²) < 4.78 is 1.39. The maximum absolute atomic E-state index is 4.13. The first-order valence-corrected chi connectivity index (χ1v) is 8.22. The summed E-state index contributed by atoms with van der Waals surface area (Å²) in [5.74, 6) is 0. The Balaban J connectivity index is 2.42. The van der Waals surface area contributed by atoms with E-state index in [2.05, 4.69) is 47.3 Å². The lowest BCUT2D eigenvalue weighted by Gasteiger charge is -2.60. The van der Waals surface area contributed by atoms with E-state index >= 15 is 0 Å². The lowest BCUT2D eigenvalue weighted by Crippen LogP contribution is -2.69. The second kappa shape index (κ2) is 4.62. The molecule has 0 radical (unpaired) electrons. The zero-order valence-corrected chi connectivity index (χ0v) is 13.9. The Morgan fingerprint density at radius 3 is 2.00 bits per heavy atom. The summed E-state index contributed by atoms with van der Waals surface area (Å²) in [5, 5.41) is 0. The number of nitrogens with zero attached hydrogens (tertiary/aromatic N) is 1. The number of quaternary nitrogens is 1. The number of allylic oxidation sites excluding steroid dienone is 1. The lowest BCUT2D eigenvalue weighted by molar-refractivity contribution is -0.974. The third-order valence-electron chi connectivity index (χ3n) is 7.44. The van der Waals surface area contributed by atoms with Gasteiger partial charge in [0.2, 0.25) is 0 Å².